The van der Waals surface area contributed by atoms with Gasteiger partial charge in [-0.1, -0.05) is 12.1 Å². The molecule has 7 nitrogen and oxygen atoms in total. The number of hydrogen-bond acceptors (Lipinski definition) is 6. The largest absolute Gasteiger partial charge is 0.366 e. The molecular formula is C12H14N2O5. The fourth-order valence-corrected chi connectivity index (χ4v) is 2.06. The van der Waals surface area contributed by atoms with Crippen LogP contribution in [-0.4, -0.2) is 46.7 Å². The number of benzene rings is 1. The lowest BCUT2D eigenvalue weighted by Crippen LogP contribution is -2.51. The molecular weight excluding hydrogens is 252 g/mol. The van der Waals surface area contributed by atoms with Gasteiger partial charge in [-0.05, 0) is 5.56 Å². The molecule has 7 heteroatoms. The molecule has 1 saturated heterocycles. The summed E-state index contributed by atoms with van der Waals surface area (Å²) in [6.07, 6.45) is -0.522. The zero-order valence-electron chi connectivity index (χ0n) is 10.1. The first-order chi connectivity index (χ1) is 9.11. The van der Waals surface area contributed by atoms with Crippen molar-refractivity contribution in [3.8, 4) is 0 Å². The third-order valence-electron chi connectivity index (χ3n) is 3.03. The fourth-order valence-electron chi connectivity index (χ4n) is 2.06. The van der Waals surface area contributed by atoms with E-state index in [9.17, 15) is 20.0 Å². The van der Waals surface area contributed by atoms with Crippen molar-refractivity contribution in [2.24, 2.45) is 0 Å². The molecule has 1 aliphatic rings. The Morgan fingerprint density at radius 1 is 1.58 bits per heavy atom. The van der Waals surface area contributed by atoms with Gasteiger partial charge in [-0.25, -0.2) is 0 Å². The molecule has 0 bridgehead atoms. The molecule has 1 fully saturated rings. The zero-order valence-corrected chi connectivity index (χ0v) is 10.1. The van der Waals surface area contributed by atoms with Crippen LogP contribution in [0.3, 0.4) is 0 Å². The Kier molecular flexibility index (Phi) is 4.20. The Hall–Kier alpha value is -1.83. The number of ether oxygens (including phenoxy) is 1. The predicted molar refractivity (Wildman–Crippen MR) is 65.3 cm³/mol. The fraction of sp³-hybridized carbons (Fsp3) is 0.417. The summed E-state index contributed by atoms with van der Waals surface area (Å²) in [5.41, 5.74) is 0.726. The Balaban J connectivity index is 2.13. The van der Waals surface area contributed by atoms with Crippen molar-refractivity contribution >= 4 is 12.0 Å². The topological polar surface area (TPSA) is 92.9 Å². The molecule has 0 amide bonds. The summed E-state index contributed by atoms with van der Waals surface area (Å²) < 4.78 is 4.99. The van der Waals surface area contributed by atoms with Crippen LogP contribution in [0.5, 0.6) is 0 Å². The SMILES string of the molecule is O=CC1C(O)OCCN1Cc1cccc([N+](=O)[O-])c1. The van der Waals surface area contributed by atoms with E-state index in [1.54, 1.807) is 17.0 Å². The molecule has 0 aromatic heterocycles. The Labute approximate surface area is 109 Å². The molecule has 1 aliphatic heterocycles. The number of nitro benzene ring substituents is 1. The number of aldehydes is 1. The van der Waals surface area contributed by atoms with Crippen LogP contribution >= 0.6 is 0 Å². The second-order valence-electron chi connectivity index (χ2n) is 4.29. The van der Waals surface area contributed by atoms with Gasteiger partial charge >= 0.3 is 0 Å². The van der Waals surface area contributed by atoms with E-state index in [-0.39, 0.29) is 5.69 Å². The first-order valence-corrected chi connectivity index (χ1v) is 5.84. The standard InChI is InChI=1S/C12H14N2O5/c15-8-11-12(16)19-5-4-13(11)7-9-2-1-3-10(6-9)14(17)18/h1-3,6,8,11-12,16H,4-5,7H2. The van der Waals surface area contributed by atoms with Crippen LogP contribution in [0, 0.1) is 10.1 Å². The number of aliphatic hydroxyl groups is 1. The van der Waals surface area contributed by atoms with Crippen LogP contribution in [0.25, 0.3) is 0 Å². The number of carbonyl (C=O) groups is 1. The van der Waals surface area contributed by atoms with Crippen LogP contribution in [0.15, 0.2) is 24.3 Å². The average Bonchev–Trinajstić information content (AvgIpc) is 2.39. The maximum Gasteiger partial charge on any atom is 0.269 e. The molecule has 1 aromatic carbocycles. The summed E-state index contributed by atoms with van der Waals surface area (Å²) in [7, 11) is 0. The highest BCUT2D eigenvalue weighted by molar-refractivity contribution is 5.58. The van der Waals surface area contributed by atoms with Gasteiger partial charge in [0.15, 0.2) is 6.29 Å². The van der Waals surface area contributed by atoms with Gasteiger partial charge in [0.2, 0.25) is 0 Å². The summed E-state index contributed by atoms with van der Waals surface area (Å²) in [6, 6.07) is 5.48. The Bertz CT molecular complexity index is 479. The molecule has 19 heavy (non-hydrogen) atoms. The van der Waals surface area contributed by atoms with Gasteiger partial charge in [0.25, 0.3) is 5.69 Å². The molecule has 0 radical (unpaired) electrons. The van der Waals surface area contributed by atoms with Gasteiger partial charge in [-0.3, -0.25) is 15.0 Å². The van der Waals surface area contributed by atoms with E-state index in [0.29, 0.717) is 26.0 Å². The first kappa shape index (κ1) is 13.6. The number of nitro groups is 1. The van der Waals surface area contributed by atoms with Gasteiger partial charge < -0.3 is 14.6 Å². The third-order valence-corrected chi connectivity index (χ3v) is 3.03. The van der Waals surface area contributed by atoms with E-state index in [0.717, 1.165) is 5.56 Å². The van der Waals surface area contributed by atoms with Crippen LogP contribution < -0.4 is 0 Å². The van der Waals surface area contributed by atoms with Crippen molar-refractivity contribution in [1.82, 2.24) is 4.90 Å². The van der Waals surface area contributed by atoms with Crippen LogP contribution in [0.2, 0.25) is 0 Å². The quantitative estimate of drug-likeness (QED) is 0.479. The minimum Gasteiger partial charge on any atom is -0.366 e. The Morgan fingerprint density at radius 2 is 2.37 bits per heavy atom. The normalized spacial score (nSPS) is 24.1. The summed E-state index contributed by atoms with van der Waals surface area (Å²) in [6.45, 7) is 1.16. The second kappa shape index (κ2) is 5.87. The summed E-state index contributed by atoms with van der Waals surface area (Å²) in [4.78, 5) is 22.9. The highest BCUT2D eigenvalue weighted by Crippen LogP contribution is 2.18. The van der Waals surface area contributed by atoms with Crippen molar-refractivity contribution in [1.29, 1.82) is 0 Å². The number of hydrogen-bond donors (Lipinski definition) is 1. The van der Waals surface area contributed by atoms with Crippen molar-refractivity contribution in [2.45, 2.75) is 18.9 Å². The summed E-state index contributed by atoms with van der Waals surface area (Å²) >= 11 is 0. The zero-order chi connectivity index (χ0) is 13.8. The van der Waals surface area contributed by atoms with Crippen molar-refractivity contribution in [2.75, 3.05) is 13.2 Å². The van der Waals surface area contributed by atoms with Crippen LogP contribution in [-0.2, 0) is 16.1 Å². The molecule has 2 unspecified atom stereocenters. The molecule has 1 N–H and O–H groups in total. The summed E-state index contributed by atoms with van der Waals surface area (Å²) in [5.74, 6) is 0. The molecule has 2 rings (SSSR count). The van der Waals surface area contributed by atoms with E-state index in [2.05, 4.69) is 0 Å². The molecule has 102 valence electrons. The first-order valence-electron chi connectivity index (χ1n) is 5.84. The number of nitrogens with zero attached hydrogens (tertiary/aromatic N) is 2. The lowest BCUT2D eigenvalue weighted by Gasteiger charge is -2.35. The van der Waals surface area contributed by atoms with Crippen molar-refractivity contribution in [3.63, 3.8) is 0 Å². The minimum atomic E-state index is -1.15. The number of carbonyl (C=O) groups excluding carboxylic acids is 1. The average molecular weight is 266 g/mol. The van der Waals surface area contributed by atoms with Gasteiger partial charge in [-0.15, -0.1) is 0 Å². The van der Waals surface area contributed by atoms with E-state index >= 15 is 0 Å². The maximum absolute atomic E-state index is 11.0. The number of morpholine rings is 1. The molecule has 1 aromatic rings. The highest BCUT2D eigenvalue weighted by atomic mass is 16.6. The molecule has 1 heterocycles. The smallest absolute Gasteiger partial charge is 0.269 e. The van der Waals surface area contributed by atoms with Crippen molar-refractivity contribution in [3.05, 3.63) is 39.9 Å². The van der Waals surface area contributed by atoms with Crippen LogP contribution in [0.1, 0.15) is 5.56 Å². The van der Waals surface area contributed by atoms with Gasteiger partial charge in [0, 0.05) is 25.2 Å². The highest BCUT2D eigenvalue weighted by Gasteiger charge is 2.30. The monoisotopic (exact) mass is 266 g/mol. The van der Waals surface area contributed by atoms with Crippen LogP contribution in [0.4, 0.5) is 5.69 Å². The van der Waals surface area contributed by atoms with E-state index in [4.69, 9.17) is 4.74 Å². The van der Waals surface area contributed by atoms with Gasteiger partial charge in [-0.2, -0.15) is 0 Å². The number of aliphatic hydroxyl groups excluding tert-OH is 1. The second-order valence-corrected chi connectivity index (χ2v) is 4.29. The number of non-ortho nitro benzene ring substituents is 1. The van der Waals surface area contributed by atoms with E-state index < -0.39 is 17.3 Å². The Morgan fingerprint density at radius 3 is 3.05 bits per heavy atom. The summed E-state index contributed by atoms with van der Waals surface area (Å²) in [5, 5.41) is 20.3. The maximum atomic E-state index is 11.0. The van der Waals surface area contributed by atoms with Gasteiger partial charge in [0.1, 0.15) is 12.3 Å². The minimum absolute atomic E-state index is 0.00830. The molecule has 0 aliphatic carbocycles. The van der Waals surface area contributed by atoms with E-state index in [1.807, 2.05) is 0 Å². The third kappa shape index (κ3) is 3.14. The van der Waals surface area contributed by atoms with E-state index in [1.165, 1.54) is 12.1 Å². The van der Waals surface area contributed by atoms with Gasteiger partial charge in [0.05, 0.1) is 11.5 Å². The molecule has 0 spiro atoms. The lowest BCUT2D eigenvalue weighted by atomic mass is 10.1. The number of rotatable bonds is 4. The molecule has 0 saturated carbocycles. The molecule has 2 atom stereocenters. The predicted octanol–water partition coefficient (Wildman–Crippen LogP) is 0.313. The van der Waals surface area contributed by atoms with Crippen molar-refractivity contribution < 1.29 is 19.6 Å². The lowest BCUT2D eigenvalue weighted by molar-refractivity contribution is -0.384.